The highest BCUT2D eigenvalue weighted by molar-refractivity contribution is 5.91. The standard InChI is InChI=1S/C17H24N4O2/c1-2-21-9-7-18-16(21)13-20-8-3-5-14(12-20)11-19-17(22)15-6-4-10-23-15/h4,6-7,9-10,14H,2-3,5,8,11-13H2,1H3,(H,19,22). The number of amides is 1. The minimum atomic E-state index is -0.131. The number of furan rings is 1. The fourth-order valence-electron chi connectivity index (χ4n) is 3.17. The Bertz CT molecular complexity index is 620. The van der Waals surface area contributed by atoms with Gasteiger partial charge in [0.05, 0.1) is 12.8 Å². The number of hydrogen-bond acceptors (Lipinski definition) is 4. The molecule has 6 nitrogen and oxygen atoms in total. The molecule has 1 N–H and O–H groups in total. The van der Waals surface area contributed by atoms with E-state index in [1.807, 2.05) is 12.4 Å². The average molecular weight is 316 g/mol. The maximum Gasteiger partial charge on any atom is 0.286 e. The van der Waals surface area contributed by atoms with Crippen molar-refractivity contribution in [2.24, 2.45) is 5.92 Å². The number of aromatic nitrogens is 2. The van der Waals surface area contributed by atoms with Crippen molar-refractivity contribution in [2.45, 2.75) is 32.9 Å². The predicted molar refractivity (Wildman–Crippen MR) is 86.9 cm³/mol. The second kappa shape index (κ2) is 7.46. The van der Waals surface area contributed by atoms with E-state index in [1.165, 1.54) is 6.26 Å². The maximum atomic E-state index is 11.9. The normalized spacial score (nSPS) is 18.9. The molecule has 1 aliphatic rings. The maximum absolute atomic E-state index is 11.9. The lowest BCUT2D eigenvalue weighted by Crippen LogP contribution is -2.40. The van der Waals surface area contributed by atoms with Crippen LogP contribution >= 0.6 is 0 Å². The monoisotopic (exact) mass is 316 g/mol. The minimum absolute atomic E-state index is 0.131. The lowest BCUT2D eigenvalue weighted by molar-refractivity contribution is 0.0902. The van der Waals surface area contributed by atoms with Crippen LogP contribution in [0.25, 0.3) is 0 Å². The van der Waals surface area contributed by atoms with Crippen LogP contribution in [0.1, 0.15) is 36.1 Å². The van der Waals surface area contributed by atoms with Crippen LogP contribution in [0.3, 0.4) is 0 Å². The molecule has 23 heavy (non-hydrogen) atoms. The second-order valence-electron chi connectivity index (χ2n) is 6.06. The Morgan fingerprint density at radius 1 is 1.52 bits per heavy atom. The van der Waals surface area contributed by atoms with Crippen molar-refractivity contribution in [1.82, 2.24) is 19.8 Å². The molecule has 0 spiro atoms. The summed E-state index contributed by atoms with van der Waals surface area (Å²) < 4.78 is 7.30. The van der Waals surface area contributed by atoms with Gasteiger partial charge in [0.15, 0.2) is 5.76 Å². The number of aryl methyl sites for hydroxylation is 1. The van der Waals surface area contributed by atoms with Crippen molar-refractivity contribution in [3.05, 3.63) is 42.4 Å². The first-order valence-corrected chi connectivity index (χ1v) is 8.30. The molecule has 2 aromatic heterocycles. The molecule has 1 fully saturated rings. The Kier molecular flexibility index (Phi) is 5.12. The largest absolute Gasteiger partial charge is 0.459 e. The van der Waals surface area contributed by atoms with Crippen LogP contribution in [0, 0.1) is 5.92 Å². The number of nitrogens with one attached hydrogen (secondary N) is 1. The van der Waals surface area contributed by atoms with E-state index in [2.05, 4.69) is 26.7 Å². The van der Waals surface area contributed by atoms with Crippen LogP contribution in [-0.2, 0) is 13.1 Å². The molecule has 0 saturated carbocycles. The SMILES string of the molecule is CCn1ccnc1CN1CCCC(CNC(=O)c2ccco2)C1. The van der Waals surface area contributed by atoms with Gasteiger partial charge < -0.3 is 14.3 Å². The summed E-state index contributed by atoms with van der Waals surface area (Å²) in [4.78, 5) is 18.8. The molecule has 3 rings (SSSR count). The van der Waals surface area contributed by atoms with Crippen LogP contribution in [-0.4, -0.2) is 40.0 Å². The molecule has 0 bridgehead atoms. The summed E-state index contributed by atoms with van der Waals surface area (Å²) in [7, 11) is 0. The third-order valence-corrected chi connectivity index (χ3v) is 4.41. The predicted octanol–water partition coefficient (Wildman–Crippen LogP) is 2.14. The number of nitrogens with zero attached hydrogens (tertiary/aromatic N) is 3. The van der Waals surface area contributed by atoms with Gasteiger partial charge in [0.25, 0.3) is 5.91 Å². The molecule has 1 saturated heterocycles. The topological polar surface area (TPSA) is 63.3 Å². The molecule has 1 amide bonds. The Morgan fingerprint density at radius 2 is 2.43 bits per heavy atom. The Labute approximate surface area is 136 Å². The lowest BCUT2D eigenvalue weighted by atomic mass is 9.98. The smallest absolute Gasteiger partial charge is 0.286 e. The van der Waals surface area contributed by atoms with Gasteiger partial charge in [-0.25, -0.2) is 4.98 Å². The quantitative estimate of drug-likeness (QED) is 0.887. The van der Waals surface area contributed by atoms with Gasteiger partial charge in [0.1, 0.15) is 5.82 Å². The summed E-state index contributed by atoms with van der Waals surface area (Å²) in [6.07, 6.45) is 7.72. The van der Waals surface area contributed by atoms with E-state index in [0.717, 1.165) is 44.8 Å². The highest BCUT2D eigenvalue weighted by atomic mass is 16.3. The Morgan fingerprint density at radius 3 is 3.22 bits per heavy atom. The summed E-state index contributed by atoms with van der Waals surface area (Å²) in [5.74, 6) is 1.84. The lowest BCUT2D eigenvalue weighted by Gasteiger charge is -2.32. The van der Waals surface area contributed by atoms with E-state index < -0.39 is 0 Å². The molecule has 3 heterocycles. The van der Waals surface area contributed by atoms with Gasteiger partial charge >= 0.3 is 0 Å². The molecule has 0 radical (unpaired) electrons. The summed E-state index contributed by atoms with van der Waals surface area (Å²) in [5.41, 5.74) is 0. The molecule has 1 unspecified atom stereocenters. The van der Waals surface area contributed by atoms with Gasteiger partial charge in [0.2, 0.25) is 0 Å². The van der Waals surface area contributed by atoms with Crippen molar-refractivity contribution in [3.63, 3.8) is 0 Å². The molecule has 1 atom stereocenters. The molecule has 124 valence electrons. The zero-order chi connectivity index (χ0) is 16.1. The first kappa shape index (κ1) is 15.8. The van der Waals surface area contributed by atoms with E-state index in [4.69, 9.17) is 4.42 Å². The number of hydrogen-bond donors (Lipinski definition) is 1. The highest BCUT2D eigenvalue weighted by Gasteiger charge is 2.22. The molecular weight excluding hydrogens is 292 g/mol. The number of imidazole rings is 1. The number of carbonyl (C=O) groups is 1. The van der Waals surface area contributed by atoms with Crippen molar-refractivity contribution < 1.29 is 9.21 Å². The van der Waals surface area contributed by atoms with Crippen LogP contribution in [0.2, 0.25) is 0 Å². The van der Waals surface area contributed by atoms with Crippen LogP contribution in [0.15, 0.2) is 35.2 Å². The number of carbonyl (C=O) groups excluding carboxylic acids is 1. The van der Waals surface area contributed by atoms with Crippen LogP contribution in [0.4, 0.5) is 0 Å². The van der Waals surface area contributed by atoms with E-state index >= 15 is 0 Å². The highest BCUT2D eigenvalue weighted by Crippen LogP contribution is 2.18. The van der Waals surface area contributed by atoms with Gasteiger partial charge in [-0.15, -0.1) is 0 Å². The van der Waals surface area contributed by atoms with Crippen molar-refractivity contribution >= 4 is 5.91 Å². The van der Waals surface area contributed by atoms with E-state index in [0.29, 0.717) is 18.2 Å². The van der Waals surface area contributed by atoms with E-state index in [9.17, 15) is 4.79 Å². The molecule has 1 aliphatic heterocycles. The van der Waals surface area contributed by atoms with Crippen LogP contribution in [0.5, 0.6) is 0 Å². The van der Waals surface area contributed by atoms with Gasteiger partial charge in [-0.3, -0.25) is 9.69 Å². The molecular formula is C17H24N4O2. The Balaban J connectivity index is 1.49. The number of piperidine rings is 1. The van der Waals surface area contributed by atoms with Crippen molar-refractivity contribution in [3.8, 4) is 0 Å². The zero-order valence-electron chi connectivity index (χ0n) is 13.6. The fraction of sp³-hybridized carbons (Fsp3) is 0.529. The Hall–Kier alpha value is -2.08. The van der Waals surface area contributed by atoms with Crippen LogP contribution < -0.4 is 5.32 Å². The first-order valence-electron chi connectivity index (χ1n) is 8.30. The van der Waals surface area contributed by atoms with Crippen molar-refractivity contribution in [2.75, 3.05) is 19.6 Å². The third-order valence-electron chi connectivity index (χ3n) is 4.41. The molecule has 0 aromatic carbocycles. The van der Waals surface area contributed by atoms with Gasteiger partial charge in [-0.1, -0.05) is 0 Å². The first-order chi connectivity index (χ1) is 11.3. The van der Waals surface area contributed by atoms with E-state index in [-0.39, 0.29) is 5.91 Å². The zero-order valence-corrected chi connectivity index (χ0v) is 13.6. The van der Waals surface area contributed by atoms with Crippen molar-refractivity contribution in [1.29, 1.82) is 0 Å². The summed E-state index contributed by atoms with van der Waals surface area (Å²) >= 11 is 0. The third kappa shape index (κ3) is 4.01. The summed E-state index contributed by atoms with van der Waals surface area (Å²) in [6.45, 7) is 6.75. The fourth-order valence-corrected chi connectivity index (χ4v) is 3.17. The van der Waals surface area contributed by atoms with Gasteiger partial charge in [0, 0.05) is 32.0 Å². The number of likely N-dealkylation sites (tertiary alicyclic amines) is 1. The molecule has 2 aromatic rings. The van der Waals surface area contributed by atoms with Gasteiger partial charge in [-0.2, -0.15) is 0 Å². The van der Waals surface area contributed by atoms with E-state index in [1.54, 1.807) is 12.1 Å². The second-order valence-corrected chi connectivity index (χ2v) is 6.06. The molecule has 6 heteroatoms. The van der Waals surface area contributed by atoms with Gasteiger partial charge in [-0.05, 0) is 44.4 Å². The summed E-state index contributed by atoms with van der Waals surface area (Å²) in [6, 6.07) is 3.42. The minimum Gasteiger partial charge on any atom is -0.459 e. The average Bonchev–Trinajstić information content (AvgIpc) is 3.24. The number of rotatable bonds is 6. The summed E-state index contributed by atoms with van der Waals surface area (Å²) in [5, 5.41) is 2.98. The molecule has 0 aliphatic carbocycles.